The largest absolute Gasteiger partial charge is 0.497 e. The van der Waals surface area contributed by atoms with Crippen molar-refractivity contribution >= 4 is 23.2 Å². The topological polar surface area (TPSA) is 83.2 Å². The van der Waals surface area contributed by atoms with E-state index in [2.05, 4.69) is 65.9 Å². The Hall–Kier alpha value is -4.06. The summed E-state index contributed by atoms with van der Waals surface area (Å²) in [5.41, 5.74) is 5.53. The van der Waals surface area contributed by atoms with Gasteiger partial charge in [-0.15, -0.1) is 0 Å². The van der Waals surface area contributed by atoms with E-state index in [4.69, 9.17) is 4.74 Å². The Morgan fingerprint density at radius 2 is 1.78 bits per heavy atom. The Labute approximate surface area is 219 Å². The van der Waals surface area contributed by atoms with E-state index in [0.29, 0.717) is 31.1 Å². The molecule has 1 aliphatic carbocycles. The normalized spacial score (nSPS) is 11.9. The average molecular weight is 500 g/mol. The van der Waals surface area contributed by atoms with Gasteiger partial charge < -0.3 is 20.4 Å². The third-order valence-corrected chi connectivity index (χ3v) is 6.06. The lowest BCUT2D eigenvalue weighted by atomic mass is 10.1. The molecular formula is C31H37N3O3. The molecule has 6 heteroatoms. The molecule has 6 nitrogen and oxygen atoms in total. The fraction of sp³-hybridized carbons (Fsp3) is 0.290. The maximum atomic E-state index is 12.0. The standard InChI is InChI=1S/C15H17N3O2.C9H12O.C7H8/c19-9-16-5-6-17-15(20)14-8-12-7-11(10-1-2-10)3-4-13(12)18-14;1-3-8-5-4-6-9(7-8)10-2;1-7-5-3-2-4-6-7/h3-4,7-10,18H,1-2,5-6H2,(H,16,19)(H,17,20);4-7H,3H2,1-2H3;2-6H,1H3. The summed E-state index contributed by atoms with van der Waals surface area (Å²) in [6.45, 7) is 5.07. The van der Waals surface area contributed by atoms with Gasteiger partial charge in [0.1, 0.15) is 11.4 Å². The van der Waals surface area contributed by atoms with Crippen LogP contribution in [0.2, 0.25) is 0 Å². The molecule has 2 amide bonds. The second-order valence-corrected chi connectivity index (χ2v) is 8.99. The summed E-state index contributed by atoms with van der Waals surface area (Å²) in [4.78, 5) is 25.2. The van der Waals surface area contributed by atoms with Gasteiger partial charge in [-0.25, -0.2) is 0 Å². The maximum absolute atomic E-state index is 12.0. The molecule has 0 bridgehead atoms. The minimum Gasteiger partial charge on any atom is -0.497 e. The van der Waals surface area contributed by atoms with Crippen LogP contribution in [0.1, 0.15) is 52.9 Å². The highest BCUT2D eigenvalue weighted by atomic mass is 16.5. The second-order valence-electron chi connectivity index (χ2n) is 8.99. The van der Waals surface area contributed by atoms with Crippen LogP contribution < -0.4 is 15.4 Å². The number of rotatable bonds is 8. The molecule has 1 aromatic heterocycles. The first-order chi connectivity index (χ1) is 18.0. The van der Waals surface area contributed by atoms with E-state index in [0.717, 1.165) is 23.1 Å². The van der Waals surface area contributed by atoms with E-state index < -0.39 is 0 Å². The Kier molecular flexibility index (Phi) is 10.8. The highest BCUT2D eigenvalue weighted by Crippen LogP contribution is 2.40. The van der Waals surface area contributed by atoms with E-state index in [1.54, 1.807) is 7.11 Å². The quantitative estimate of drug-likeness (QED) is 0.212. The van der Waals surface area contributed by atoms with Crippen molar-refractivity contribution in [3.05, 3.63) is 101 Å². The molecule has 0 unspecified atom stereocenters. The van der Waals surface area contributed by atoms with E-state index in [1.165, 1.54) is 29.5 Å². The molecule has 0 atom stereocenters. The first-order valence-corrected chi connectivity index (χ1v) is 12.8. The number of nitrogens with one attached hydrogen (secondary N) is 3. The first kappa shape index (κ1) is 27.5. The van der Waals surface area contributed by atoms with Gasteiger partial charge in [-0.1, -0.05) is 61.0 Å². The number of carbonyl (C=O) groups excluding carboxylic acids is 2. The highest BCUT2D eigenvalue weighted by Gasteiger charge is 2.23. The number of hydrogen-bond donors (Lipinski definition) is 3. The van der Waals surface area contributed by atoms with Crippen molar-refractivity contribution in [3.8, 4) is 5.75 Å². The van der Waals surface area contributed by atoms with Gasteiger partial charge in [0.15, 0.2) is 0 Å². The number of hydrogen-bond acceptors (Lipinski definition) is 3. The molecule has 0 radical (unpaired) electrons. The number of fused-ring (bicyclic) bond motifs is 1. The van der Waals surface area contributed by atoms with Crippen LogP contribution in [0, 0.1) is 6.92 Å². The molecule has 0 spiro atoms. The number of aromatic amines is 1. The summed E-state index contributed by atoms with van der Waals surface area (Å²) in [5, 5.41) is 6.33. The van der Waals surface area contributed by atoms with E-state index in [-0.39, 0.29) is 5.91 Å². The molecule has 5 rings (SSSR count). The van der Waals surface area contributed by atoms with Gasteiger partial charge in [0.05, 0.1) is 7.11 Å². The van der Waals surface area contributed by atoms with Crippen molar-refractivity contribution in [3.63, 3.8) is 0 Å². The van der Waals surface area contributed by atoms with Crippen LogP contribution in [0.4, 0.5) is 0 Å². The SMILES string of the molecule is CCc1cccc(OC)c1.Cc1ccccc1.O=CNCCNC(=O)c1cc2cc(C3CC3)ccc2[nH]1. The smallest absolute Gasteiger partial charge is 0.267 e. The zero-order valence-electron chi connectivity index (χ0n) is 21.9. The van der Waals surface area contributed by atoms with Crippen LogP contribution in [0.15, 0.2) is 78.9 Å². The van der Waals surface area contributed by atoms with Crippen molar-refractivity contribution in [2.75, 3.05) is 20.2 Å². The van der Waals surface area contributed by atoms with E-state index in [1.807, 2.05) is 42.5 Å². The summed E-state index contributed by atoms with van der Waals surface area (Å²) in [6, 6.07) is 26.6. The third-order valence-electron chi connectivity index (χ3n) is 6.06. The Balaban J connectivity index is 0.000000185. The number of ether oxygens (including phenoxy) is 1. The number of amides is 2. The first-order valence-electron chi connectivity index (χ1n) is 12.8. The lowest BCUT2D eigenvalue weighted by Crippen LogP contribution is -2.31. The van der Waals surface area contributed by atoms with Gasteiger partial charge in [-0.3, -0.25) is 9.59 Å². The zero-order chi connectivity index (χ0) is 26.5. The minimum atomic E-state index is -0.151. The fourth-order valence-electron chi connectivity index (χ4n) is 3.77. The molecule has 1 saturated carbocycles. The van der Waals surface area contributed by atoms with Crippen molar-refractivity contribution in [1.82, 2.24) is 15.6 Å². The number of benzene rings is 3. The van der Waals surface area contributed by atoms with Crippen LogP contribution in [0.5, 0.6) is 5.75 Å². The molecule has 3 aromatic carbocycles. The maximum Gasteiger partial charge on any atom is 0.267 e. The van der Waals surface area contributed by atoms with E-state index in [9.17, 15) is 9.59 Å². The molecular weight excluding hydrogens is 462 g/mol. The molecule has 3 N–H and O–H groups in total. The molecule has 0 saturated heterocycles. The van der Waals surface area contributed by atoms with Gasteiger partial charge in [0.25, 0.3) is 5.91 Å². The molecule has 4 aromatic rings. The van der Waals surface area contributed by atoms with Crippen LogP contribution in [-0.4, -0.2) is 37.5 Å². The number of aryl methyl sites for hydroxylation is 2. The summed E-state index contributed by atoms with van der Waals surface area (Å²) in [7, 11) is 1.69. The average Bonchev–Trinajstić information content (AvgIpc) is 3.70. The van der Waals surface area contributed by atoms with Crippen LogP contribution in [0.3, 0.4) is 0 Å². The van der Waals surface area contributed by atoms with Crippen molar-refractivity contribution in [2.45, 2.75) is 39.0 Å². The van der Waals surface area contributed by atoms with Crippen molar-refractivity contribution in [2.24, 2.45) is 0 Å². The van der Waals surface area contributed by atoms with Crippen LogP contribution in [-0.2, 0) is 11.2 Å². The van der Waals surface area contributed by atoms with Gasteiger partial charge >= 0.3 is 0 Å². The van der Waals surface area contributed by atoms with Gasteiger partial charge in [-0.2, -0.15) is 0 Å². The molecule has 194 valence electrons. The van der Waals surface area contributed by atoms with Gasteiger partial charge in [0.2, 0.25) is 6.41 Å². The van der Waals surface area contributed by atoms with Crippen LogP contribution in [0.25, 0.3) is 10.9 Å². The monoisotopic (exact) mass is 499 g/mol. The minimum absolute atomic E-state index is 0.151. The Morgan fingerprint density at radius 3 is 2.41 bits per heavy atom. The zero-order valence-corrected chi connectivity index (χ0v) is 21.9. The number of H-pyrrole nitrogens is 1. The third kappa shape index (κ3) is 9.15. The summed E-state index contributed by atoms with van der Waals surface area (Å²) in [5.74, 6) is 1.50. The molecule has 0 aliphatic heterocycles. The van der Waals surface area contributed by atoms with Crippen molar-refractivity contribution < 1.29 is 14.3 Å². The second kappa shape index (κ2) is 14.5. The summed E-state index contributed by atoms with van der Waals surface area (Å²) >= 11 is 0. The number of carbonyl (C=O) groups is 2. The molecule has 1 fully saturated rings. The molecule has 1 heterocycles. The van der Waals surface area contributed by atoms with Crippen LogP contribution >= 0.6 is 0 Å². The molecule has 37 heavy (non-hydrogen) atoms. The summed E-state index contributed by atoms with van der Waals surface area (Å²) in [6.07, 6.45) is 4.23. The lowest BCUT2D eigenvalue weighted by molar-refractivity contribution is -0.109. The highest BCUT2D eigenvalue weighted by molar-refractivity contribution is 5.98. The Bertz CT molecular complexity index is 1240. The fourth-order valence-corrected chi connectivity index (χ4v) is 3.77. The molecule has 1 aliphatic rings. The number of methoxy groups -OCH3 is 1. The lowest BCUT2D eigenvalue weighted by Gasteiger charge is -2.02. The van der Waals surface area contributed by atoms with Gasteiger partial charge in [-0.05, 0) is 73.6 Å². The Morgan fingerprint density at radius 1 is 1.00 bits per heavy atom. The van der Waals surface area contributed by atoms with E-state index >= 15 is 0 Å². The predicted octanol–water partition coefficient (Wildman–Crippen LogP) is 5.77. The summed E-state index contributed by atoms with van der Waals surface area (Å²) < 4.78 is 5.06. The number of aromatic nitrogens is 1. The van der Waals surface area contributed by atoms with Gasteiger partial charge in [0, 0.05) is 24.0 Å². The predicted molar refractivity (Wildman–Crippen MR) is 150 cm³/mol. The van der Waals surface area contributed by atoms with Crippen molar-refractivity contribution in [1.29, 1.82) is 0 Å².